The molecule has 2 aliphatic rings. The number of urea groups is 1. The fourth-order valence-corrected chi connectivity index (χ4v) is 4.63. The third-order valence-corrected chi connectivity index (χ3v) is 6.63. The highest BCUT2D eigenvalue weighted by Crippen LogP contribution is 2.19. The van der Waals surface area contributed by atoms with Crippen LogP contribution in [0.5, 0.6) is 0 Å². The second-order valence-corrected chi connectivity index (χ2v) is 8.23. The fourth-order valence-electron chi connectivity index (χ4n) is 3.17. The van der Waals surface area contributed by atoms with Crippen molar-refractivity contribution in [3.05, 3.63) is 30.1 Å². The van der Waals surface area contributed by atoms with Gasteiger partial charge in [0.1, 0.15) is 5.82 Å². The van der Waals surface area contributed by atoms with Gasteiger partial charge in [-0.2, -0.15) is 4.31 Å². The number of hydrogen-bond donors (Lipinski definition) is 1. The number of imide groups is 1. The van der Waals surface area contributed by atoms with Gasteiger partial charge in [-0.25, -0.2) is 17.6 Å². The molecule has 2 aliphatic heterocycles. The number of carbonyl (C=O) groups is 2. The van der Waals surface area contributed by atoms with Crippen molar-refractivity contribution in [2.45, 2.75) is 17.9 Å². The van der Waals surface area contributed by atoms with Crippen molar-refractivity contribution in [2.24, 2.45) is 0 Å². The Morgan fingerprint density at radius 1 is 1.19 bits per heavy atom. The van der Waals surface area contributed by atoms with Crippen LogP contribution in [0.1, 0.15) is 6.92 Å². The lowest BCUT2D eigenvalue weighted by molar-refractivity contribution is -0.133. The maximum atomic E-state index is 13.3. The Kier molecular flexibility index (Phi) is 5.26. The number of amides is 3. The van der Waals surface area contributed by atoms with Crippen LogP contribution in [0.4, 0.5) is 9.18 Å². The molecular formula is C16H21FN4O4S. The molecule has 1 aromatic rings. The van der Waals surface area contributed by atoms with Crippen molar-refractivity contribution < 1.29 is 22.4 Å². The zero-order chi connectivity index (χ0) is 18.9. The van der Waals surface area contributed by atoms with Crippen LogP contribution >= 0.6 is 0 Å². The number of hydrogen-bond acceptors (Lipinski definition) is 5. The average molecular weight is 384 g/mol. The van der Waals surface area contributed by atoms with Gasteiger partial charge in [-0.05, 0) is 25.1 Å². The van der Waals surface area contributed by atoms with Crippen molar-refractivity contribution in [3.63, 3.8) is 0 Å². The van der Waals surface area contributed by atoms with Crippen molar-refractivity contribution in [2.75, 3.05) is 39.3 Å². The molecule has 0 saturated carbocycles. The molecule has 1 aromatic carbocycles. The van der Waals surface area contributed by atoms with Crippen LogP contribution in [0, 0.1) is 5.82 Å². The van der Waals surface area contributed by atoms with Gasteiger partial charge in [0.15, 0.2) is 0 Å². The summed E-state index contributed by atoms with van der Waals surface area (Å²) >= 11 is 0. The molecule has 3 rings (SSSR count). The standard InChI is InChI=1S/C16H21FN4O4S/c1-12(15(22)21-6-5-18-16(21)23)19-7-9-20(10-8-19)26(24,25)14-4-2-3-13(17)11-14/h2-4,11-12H,5-10H2,1H3,(H,18,23). The monoisotopic (exact) mass is 384 g/mol. The molecule has 0 aromatic heterocycles. The minimum absolute atomic E-state index is 0.0798. The molecule has 0 bridgehead atoms. The van der Waals surface area contributed by atoms with E-state index in [2.05, 4.69) is 5.32 Å². The lowest BCUT2D eigenvalue weighted by atomic mass is 10.2. The van der Waals surface area contributed by atoms with Gasteiger partial charge in [0.05, 0.1) is 10.9 Å². The summed E-state index contributed by atoms with van der Waals surface area (Å²) in [5.74, 6) is -0.894. The number of benzene rings is 1. The zero-order valence-electron chi connectivity index (χ0n) is 14.4. The maximum absolute atomic E-state index is 13.3. The van der Waals surface area contributed by atoms with Gasteiger partial charge in [0.25, 0.3) is 0 Å². The van der Waals surface area contributed by atoms with E-state index >= 15 is 0 Å². The third kappa shape index (κ3) is 3.57. The molecule has 1 N–H and O–H groups in total. The summed E-state index contributed by atoms with van der Waals surface area (Å²) in [6.45, 7) is 3.61. The minimum atomic E-state index is -3.77. The van der Waals surface area contributed by atoms with Crippen LogP contribution in [-0.4, -0.2) is 79.8 Å². The van der Waals surface area contributed by atoms with Gasteiger partial charge in [0.2, 0.25) is 15.9 Å². The van der Waals surface area contributed by atoms with Gasteiger partial charge in [-0.15, -0.1) is 0 Å². The number of rotatable bonds is 4. The van der Waals surface area contributed by atoms with E-state index in [1.165, 1.54) is 27.4 Å². The van der Waals surface area contributed by atoms with Crippen LogP contribution in [0.3, 0.4) is 0 Å². The van der Waals surface area contributed by atoms with Gasteiger partial charge < -0.3 is 5.32 Å². The van der Waals surface area contributed by atoms with E-state index in [0.29, 0.717) is 26.2 Å². The number of piperazine rings is 1. The number of nitrogens with one attached hydrogen (secondary N) is 1. The lowest BCUT2D eigenvalue weighted by Gasteiger charge is -2.37. The molecule has 10 heteroatoms. The molecule has 2 heterocycles. The highest BCUT2D eigenvalue weighted by Gasteiger charge is 2.36. The predicted molar refractivity (Wildman–Crippen MR) is 91.3 cm³/mol. The summed E-state index contributed by atoms with van der Waals surface area (Å²) in [6.07, 6.45) is 0. The minimum Gasteiger partial charge on any atom is -0.336 e. The number of sulfonamides is 1. The normalized spacial score (nSPS) is 20.8. The van der Waals surface area contributed by atoms with E-state index in [9.17, 15) is 22.4 Å². The summed E-state index contributed by atoms with van der Waals surface area (Å²) < 4.78 is 39.9. The van der Waals surface area contributed by atoms with Gasteiger partial charge in [-0.1, -0.05) is 6.07 Å². The number of carbonyl (C=O) groups excluding carboxylic acids is 2. The fraction of sp³-hybridized carbons (Fsp3) is 0.500. The summed E-state index contributed by atoms with van der Waals surface area (Å²) in [4.78, 5) is 27.0. The second-order valence-electron chi connectivity index (χ2n) is 6.30. The summed E-state index contributed by atoms with van der Waals surface area (Å²) in [5.41, 5.74) is 0. The largest absolute Gasteiger partial charge is 0.336 e. The molecule has 0 radical (unpaired) electrons. The zero-order valence-corrected chi connectivity index (χ0v) is 15.2. The van der Waals surface area contributed by atoms with Crippen LogP contribution in [0.25, 0.3) is 0 Å². The van der Waals surface area contributed by atoms with E-state index in [1.54, 1.807) is 6.92 Å². The first-order valence-corrected chi connectivity index (χ1v) is 9.83. The Balaban J connectivity index is 1.63. The van der Waals surface area contributed by atoms with E-state index in [4.69, 9.17) is 0 Å². The smallest absolute Gasteiger partial charge is 0.324 e. The quantitative estimate of drug-likeness (QED) is 0.794. The molecule has 26 heavy (non-hydrogen) atoms. The summed E-state index contributed by atoms with van der Waals surface area (Å²) in [7, 11) is -3.77. The van der Waals surface area contributed by atoms with Crippen molar-refractivity contribution >= 4 is 22.0 Å². The summed E-state index contributed by atoms with van der Waals surface area (Å²) in [6, 6.07) is 4.01. The Hall–Kier alpha value is -2.04. The first-order chi connectivity index (χ1) is 12.3. The Morgan fingerprint density at radius 2 is 1.88 bits per heavy atom. The molecule has 1 unspecified atom stereocenters. The molecule has 0 spiro atoms. The average Bonchev–Trinajstić information content (AvgIpc) is 3.06. The van der Waals surface area contributed by atoms with Crippen LogP contribution < -0.4 is 5.32 Å². The topological polar surface area (TPSA) is 90.0 Å². The predicted octanol–water partition coefficient (Wildman–Crippen LogP) is 0.0723. The molecule has 2 saturated heterocycles. The molecule has 3 amide bonds. The SMILES string of the molecule is CC(C(=O)N1CCNC1=O)N1CCN(S(=O)(=O)c2cccc(F)c2)CC1. The lowest BCUT2D eigenvalue weighted by Crippen LogP contribution is -2.55. The Morgan fingerprint density at radius 3 is 2.46 bits per heavy atom. The first-order valence-electron chi connectivity index (χ1n) is 8.39. The van der Waals surface area contributed by atoms with E-state index in [1.807, 2.05) is 4.90 Å². The first kappa shape index (κ1) is 18.7. The Bertz CT molecular complexity index is 808. The molecular weight excluding hydrogens is 363 g/mol. The van der Waals surface area contributed by atoms with Crippen LogP contribution in [0.15, 0.2) is 29.2 Å². The second kappa shape index (κ2) is 7.29. The molecule has 2 fully saturated rings. The third-order valence-electron chi connectivity index (χ3n) is 4.74. The molecule has 8 nitrogen and oxygen atoms in total. The highest BCUT2D eigenvalue weighted by molar-refractivity contribution is 7.89. The van der Waals surface area contributed by atoms with E-state index in [0.717, 1.165) is 6.07 Å². The Labute approximate surface area is 151 Å². The number of nitrogens with zero attached hydrogens (tertiary/aromatic N) is 3. The van der Waals surface area contributed by atoms with E-state index < -0.39 is 27.9 Å². The highest BCUT2D eigenvalue weighted by atomic mass is 32.2. The summed E-state index contributed by atoms with van der Waals surface area (Å²) in [5, 5.41) is 2.59. The van der Waals surface area contributed by atoms with Crippen molar-refractivity contribution in [1.29, 1.82) is 0 Å². The van der Waals surface area contributed by atoms with Crippen molar-refractivity contribution in [1.82, 2.24) is 19.4 Å². The van der Waals surface area contributed by atoms with Gasteiger partial charge in [0, 0.05) is 39.3 Å². The molecule has 0 aliphatic carbocycles. The van der Waals surface area contributed by atoms with Crippen LogP contribution in [-0.2, 0) is 14.8 Å². The molecule has 142 valence electrons. The van der Waals surface area contributed by atoms with Gasteiger partial charge in [-0.3, -0.25) is 14.6 Å². The maximum Gasteiger partial charge on any atom is 0.324 e. The van der Waals surface area contributed by atoms with Gasteiger partial charge >= 0.3 is 6.03 Å². The van der Waals surface area contributed by atoms with Crippen molar-refractivity contribution in [3.8, 4) is 0 Å². The molecule has 1 atom stereocenters. The number of halogens is 1. The van der Waals surface area contributed by atoms with Crippen LogP contribution in [0.2, 0.25) is 0 Å². The van der Waals surface area contributed by atoms with E-state index in [-0.39, 0.29) is 23.9 Å².